The average Bonchev–Trinajstić information content (AvgIpc) is 2.42. The molecule has 2 unspecified atom stereocenters. The zero-order valence-electron chi connectivity index (χ0n) is 10.9. The van der Waals surface area contributed by atoms with Crippen LogP contribution in [0.2, 0.25) is 0 Å². The van der Waals surface area contributed by atoms with Gasteiger partial charge in [-0.2, -0.15) is 0 Å². The third kappa shape index (κ3) is 3.19. The van der Waals surface area contributed by atoms with Crippen LogP contribution in [-0.2, 0) is 0 Å². The molecule has 2 rings (SSSR count). The van der Waals surface area contributed by atoms with Gasteiger partial charge in [-0.15, -0.1) is 0 Å². The van der Waals surface area contributed by atoms with Gasteiger partial charge in [0, 0.05) is 34.4 Å². The molecule has 100 valence electrons. The van der Waals surface area contributed by atoms with Crippen molar-refractivity contribution in [3.8, 4) is 0 Å². The van der Waals surface area contributed by atoms with Gasteiger partial charge in [0.05, 0.1) is 0 Å². The Morgan fingerprint density at radius 3 is 2.47 bits per heavy atom. The van der Waals surface area contributed by atoms with Crippen molar-refractivity contribution in [2.24, 2.45) is 0 Å². The van der Waals surface area contributed by atoms with Crippen LogP contribution in [0.3, 0.4) is 0 Å². The Hall–Kier alpha value is -1.26. The quantitative estimate of drug-likeness (QED) is 0.918. The third-order valence-electron chi connectivity index (χ3n) is 3.34. The molecule has 1 aromatic heterocycles. The van der Waals surface area contributed by atoms with E-state index < -0.39 is 0 Å². The lowest BCUT2D eigenvalue weighted by molar-refractivity contribution is 0.477. The van der Waals surface area contributed by atoms with Crippen molar-refractivity contribution in [3.05, 3.63) is 64.1 Å². The van der Waals surface area contributed by atoms with Gasteiger partial charge in [0.25, 0.3) is 0 Å². The second-order valence-corrected chi connectivity index (χ2v) is 5.42. The summed E-state index contributed by atoms with van der Waals surface area (Å²) in [7, 11) is 1.85. The van der Waals surface area contributed by atoms with Crippen molar-refractivity contribution in [1.29, 1.82) is 0 Å². The summed E-state index contributed by atoms with van der Waals surface area (Å²) in [6, 6.07) is 9.03. The van der Waals surface area contributed by atoms with Crippen molar-refractivity contribution in [2.75, 3.05) is 7.05 Å². The molecule has 0 aliphatic heterocycles. The van der Waals surface area contributed by atoms with E-state index in [0.717, 1.165) is 10.0 Å². The first kappa shape index (κ1) is 14.2. The van der Waals surface area contributed by atoms with E-state index in [2.05, 4.69) is 33.2 Å². The summed E-state index contributed by atoms with van der Waals surface area (Å²) >= 11 is 3.28. The SMILES string of the molecule is CNC(c1ccc(Br)cc1F)C(C)c1ccncc1. The normalized spacial score (nSPS) is 14.1. The highest BCUT2D eigenvalue weighted by molar-refractivity contribution is 9.10. The predicted octanol–water partition coefficient (Wildman–Crippen LogP) is 4.05. The number of likely N-dealkylation sites (N-methyl/N-ethyl adjacent to an activating group) is 1. The molecular formula is C15H16BrFN2. The fraction of sp³-hybridized carbons (Fsp3) is 0.267. The number of rotatable bonds is 4. The number of nitrogens with zero attached hydrogens (tertiary/aromatic N) is 1. The van der Waals surface area contributed by atoms with Gasteiger partial charge in [-0.05, 0) is 36.9 Å². The molecule has 2 atom stereocenters. The topological polar surface area (TPSA) is 24.9 Å². The summed E-state index contributed by atoms with van der Waals surface area (Å²) in [6.07, 6.45) is 3.52. The van der Waals surface area contributed by atoms with E-state index >= 15 is 0 Å². The minimum absolute atomic E-state index is 0.0736. The van der Waals surface area contributed by atoms with Gasteiger partial charge >= 0.3 is 0 Å². The summed E-state index contributed by atoms with van der Waals surface area (Å²) in [5.41, 5.74) is 1.81. The first-order valence-corrected chi connectivity index (χ1v) is 6.95. The Bertz CT molecular complexity index is 545. The second-order valence-electron chi connectivity index (χ2n) is 4.50. The van der Waals surface area contributed by atoms with Crippen LogP contribution < -0.4 is 5.32 Å². The Morgan fingerprint density at radius 1 is 1.21 bits per heavy atom. The van der Waals surface area contributed by atoms with Gasteiger partial charge in [-0.3, -0.25) is 4.98 Å². The Morgan fingerprint density at radius 2 is 1.89 bits per heavy atom. The number of hydrogen-bond donors (Lipinski definition) is 1. The second kappa shape index (κ2) is 6.26. The smallest absolute Gasteiger partial charge is 0.129 e. The van der Waals surface area contributed by atoms with E-state index in [4.69, 9.17) is 0 Å². The molecule has 0 spiro atoms. The van der Waals surface area contributed by atoms with E-state index in [1.54, 1.807) is 12.4 Å². The molecule has 4 heteroatoms. The summed E-state index contributed by atoms with van der Waals surface area (Å²) < 4.78 is 14.8. The minimum atomic E-state index is -0.199. The van der Waals surface area contributed by atoms with Crippen LogP contribution in [-0.4, -0.2) is 12.0 Å². The highest BCUT2D eigenvalue weighted by Gasteiger charge is 2.22. The molecule has 0 saturated carbocycles. The monoisotopic (exact) mass is 322 g/mol. The van der Waals surface area contributed by atoms with Crippen molar-refractivity contribution in [1.82, 2.24) is 10.3 Å². The van der Waals surface area contributed by atoms with Crippen molar-refractivity contribution < 1.29 is 4.39 Å². The largest absolute Gasteiger partial charge is 0.312 e. The fourth-order valence-electron chi connectivity index (χ4n) is 2.29. The lowest BCUT2D eigenvalue weighted by atomic mass is 9.89. The maximum atomic E-state index is 14.1. The molecule has 0 radical (unpaired) electrons. The molecule has 2 aromatic rings. The molecule has 0 bridgehead atoms. The molecule has 0 fully saturated rings. The third-order valence-corrected chi connectivity index (χ3v) is 3.83. The number of hydrogen-bond acceptors (Lipinski definition) is 2. The number of aromatic nitrogens is 1. The summed E-state index contributed by atoms with van der Waals surface area (Å²) in [6.45, 7) is 2.08. The molecule has 0 saturated heterocycles. The van der Waals surface area contributed by atoms with E-state index in [-0.39, 0.29) is 17.8 Å². The average molecular weight is 323 g/mol. The number of nitrogens with one attached hydrogen (secondary N) is 1. The predicted molar refractivity (Wildman–Crippen MR) is 78.6 cm³/mol. The van der Waals surface area contributed by atoms with E-state index in [1.165, 1.54) is 6.07 Å². The lowest BCUT2D eigenvalue weighted by Crippen LogP contribution is -2.23. The Kier molecular flexibility index (Phi) is 4.66. The maximum Gasteiger partial charge on any atom is 0.129 e. The van der Waals surface area contributed by atoms with E-state index in [0.29, 0.717) is 5.56 Å². The fourth-order valence-corrected chi connectivity index (χ4v) is 2.62. The molecule has 19 heavy (non-hydrogen) atoms. The van der Waals surface area contributed by atoms with Crippen LogP contribution in [0.5, 0.6) is 0 Å². The Labute approximate surface area is 121 Å². The summed E-state index contributed by atoms with van der Waals surface area (Å²) in [4.78, 5) is 4.01. The molecule has 1 aromatic carbocycles. The number of pyridine rings is 1. The number of halogens is 2. The van der Waals surface area contributed by atoms with Gasteiger partial charge in [0.2, 0.25) is 0 Å². The highest BCUT2D eigenvalue weighted by atomic mass is 79.9. The van der Waals surface area contributed by atoms with Crippen molar-refractivity contribution >= 4 is 15.9 Å². The molecule has 1 N–H and O–H groups in total. The standard InChI is InChI=1S/C15H16BrFN2/c1-10(11-5-7-19-8-6-11)15(18-2)13-4-3-12(16)9-14(13)17/h3-10,15,18H,1-2H3. The van der Waals surface area contributed by atoms with Gasteiger partial charge < -0.3 is 5.32 Å². The van der Waals surface area contributed by atoms with Crippen LogP contribution in [0, 0.1) is 5.82 Å². The minimum Gasteiger partial charge on any atom is -0.312 e. The highest BCUT2D eigenvalue weighted by Crippen LogP contribution is 2.32. The van der Waals surface area contributed by atoms with Crippen LogP contribution in [0.15, 0.2) is 47.2 Å². The van der Waals surface area contributed by atoms with Crippen LogP contribution >= 0.6 is 15.9 Å². The van der Waals surface area contributed by atoms with Crippen LogP contribution in [0.25, 0.3) is 0 Å². The first-order chi connectivity index (χ1) is 9.13. The van der Waals surface area contributed by atoms with Gasteiger partial charge in [-0.25, -0.2) is 4.39 Å². The molecule has 2 nitrogen and oxygen atoms in total. The summed E-state index contributed by atoms with van der Waals surface area (Å²) in [5.74, 6) is -0.0432. The van der Waals surface area contributed by atoms with Gasteiger partial charge in [-0.1, -0.05) is 28.9 Å². The van der Waals surface area contributed by atoms with E-state index in [1.807, 2.05) is 31.3 Å². The van der Waals surface area contributed by atoms with Crippen molar-refractivity contribution in [3.63, 3.8) is 0 Å². The van der Waals surface area contributed by atoms with Crippen molar-refractivity contribution in [2.45, 2.75) is 18.9 Å². The first-order valence-electron chi connectivity index (χ1n) is 6.15. The molecule has 0 aliphatic carbocycles. The molecular weight excluding hydrogens is 307 g/mol. The van der Waals surface area contributed by atoms with Gasteiger partial charge in [0.15, 0.2) is 0 Å². The van der Waals surface area contributed by atoms with Gasteiger partial charge in [0.1, 0.15) is 5.82 Å². The number of benzene rings is 1. The zero-order chi connectivity index (χ0) is 13.8. The van der Waals surface area contributed by atoms with Crippen LogP contribution in [0.4, 0.5) is 4.39 Å². The maximum absolute atomic E-state index is 14.1. The molecule has 0 aliphatic rings. The van der Waals surface area contributed by atoms with Crippen LogP contribution in [0.1, 0.15) is 30.0 Å². The zero-order valence-corrected chi connectivity index (χ0v) is 12.5. The Balaban J connectivity index is 2.34. The lowest BCUT2D eigenvalue weighted by Gasteiger charge is -2.25. The molecule has 1 heterocycles. The summed E-state index contributed by atoms with van der Waals surface area (Å²) in [5, 5.41) is 3.20. The van der Waals surface area contributed by atoms with E-state index in [9.17, 15) is 4.39 Å². The molecule has 0 amide bonds.